The molecule has 3 heterocycles. The summed E-state index contributed by atoms with van der Waals surface area (Å²) in [4.78, 5) is 41.5. The number of anilines is 4. The number of aliphatic hydroxyl groups is 3. The van der Waals surface area contributed by atoms with Crippen LogP contribution in [0.1, 0.15) is 80.0 Å². The van der Waals surface area contributed by atoms with Crippen LogP contribution in [0.25, 0.3) is 11.0 Å². The fourth-order valence-corrected chi connectivity index (χ4v) is 6.24. The van der Waals surface area contributed by atoms with Gasteiger partial charge in [0.25, 0.3) is 5.91 Å². The van der Waals surface area contributed by atoms with Crippen molar-refractivity contribution in [2.24, 2.45) is 0 Å². The number of pyridine rings is 2. The molecule has 6 rings (SSSR count). The SMILES string of the molecule is CC(C)(O)[C@H](F)CNC(=O)c1cnc(Nc2ccc3nccnc3c2)cc1N[C@@H]1CCC[C@H]1O.CCOC(=O)c1cnc(Cl)cc1N[C@@H]1CCC[C@H]1O. The molecule has 2 aliphatic carbocycles. The van der Waals surface area contributed by atoms with Crippen molar-refractivity contribution in [3.63, 3.8) is 0 Å². The number of benzene rings is 1. The van der Waals surface area contributed by atoms with E-state index in [9.17, 15) is 29.3 Å². The summed E-state index contributed by atoms with van der Waals surface area (Å²) in [5.41, 5.74) is 2.26. The minimum absolute atomic E-state index is 0.0633. The van der Waals surface area contributed by atoms with Crippen LogP contribution in [0.15, 0.2) is 55.1 Å². The maximum absolute atomic E-state index is 14.1. The Hall–Kier alpha value is -4.70. The molecule has 3 aromatic heterocycles. The van der Waals surface area contributed by atoms with E-state index in [2.05, 4.69) is 41.2 Å². The monoisotopic (exact) mass is 752 g/mol. The number of nitrogens with one attached hydrogen (secondary N) is 4. The van der Waals surface area contributed by atoms with Crippen molar-refractivity contribution in [3.8, 4) is 0 Å². The molecule has 2 fully saturated rings. The number of ether oxygens (including phenoxy) is 1. The summed E-state index contributed by atoms with van der Waals surface area (Å²) < 4.78 is 19.1. The molecule has 2 aliphatic rings. The van der Waals surface area contributed by atoms with E-state index in [0.717, 1.165) is 48.8 Å². The number of fused-ring (bicyclic) bond motifs is 1. The van der Waals surface area contributed by atoms with Gasteiger partial charge in [-0.1, -0.05) is 11.6 Å². The third-order valence-corrected chi connectivity index (χ3v) is 9.31. The Balaban J connectivity index is 0.000000241. The Morgan fingerprint density at radius 1 is 0.906 bits per heavy atom. The van der Waals surface area contributed by atoms with Crippen molar-refractivity contribution in [1.82, 2.24) is 25.3 Å². The molecule has 0 radical (unpaired) electrons. The van der Waals surface area contributed by atoms with Gasteiger partial charge in [-0.05, 0) is 83.6 Å². The van der Waals surface area contributed by atoms with Crippen molar-refractivity contribution in [1.29, 1.82) is 0 Å². The van der Waals surface area contributed by atoms with Crippen LogP contribution in [0, 0.1) is 0 Å². The average molecular weight is 753 g/mol. The van der Waals surface area contributed by atoms with Gasteiger partial charge < -0.3 is 41.3 Å². The van der Waals surface area contributed by atoms with E-state index >= 15 is 0 Å². The largest absolute Gasteiger partial charge is 0.462 e. The fraction of sp³-hybridized carbons (Fsp3) is 0.459. The molecule has 0 spiro atoms. The van der Waals surface area contributed by atoms with Crippen molar-refractivity contribution in [3.05, 3.63) is 71.4 Å². The van der Waals surface area contributed by atoms with E-state index in [-0.39, 0.29) is 24.2 Å². The molecule has 16 heteroatoms. The number of aromatic nitrogens is 4. The highest BCUT2D eigenvalue weighted by Gasteiger charge is 2.30. The summed E-state index contributed by atoms with van der Waals surface area (Å²) in [5.74, 6) is -0.488. The first kappa shape index (κ1) is 39.5. The fourth-order valence-electron chi connectivity index (χ4n) is 6.08. The van der Waals surface area contributed by atoms with Gasteiger partial charge in [0, 0.05) is 36.5 Å². The third kappa shape index (κ3) is 10.7. The first-order chi connectivity index (χ1) is 25.3. The zero-order valence-electron chi connectivity index (χ0n) is 29.9. The molecule has 0 bridgehead atoms. The highest BCUT2D eigenvalue weighted by molar-refractivity contribution is 6.29. The lowest BCUT2D eigenvalue weighted by Gasteiger charge is -2.23. The predicted molar refractivity (Wildman–Crippen MR) is 200 cm³/mol. The molecule has 14 nitrogen and oxygen atoms in total. The van der Waals surface area contributed by atoms with E-state index in [0.29, 0.717) is 40.9 Å². The second-order valence-electron chi connectivity index (χ2n) is 13.6. The number of hydrogen-bond acceptors (Lipinski definition) is 13. The van der Waals surface area contributed by atoms with Crippen molar-refractivity contribution in [2.45, 2.75) is 95.4 Å². The number of carbonyl (C=O) groups excluding carboxylic acids is 2. The number of aliphatic hydroxyl groups excluding tert-OH is 2. The number of alkyl halides is 1. The lowest BCUT2D eigenvalue weighted by molar-refractivity contribution is -0.00178. The van der Waals surface area contributed by atoms with Gasteiger partial charge in [-0.15, -0.1) is 0 Å². The van der Waals surface area contributed by atoms with E-state index in [1.165, 1.54) is 26.2 Å². The maximum atomic E-state index is 14.1. The first-order valence-electron chi connectivity index (χ1n) is 17.7. The van der Waals surface area contributed by atoms with Crippen LogP contribution in [0.3, 0.4) is 0 Å². The molecule has 0 aliphatic heterocycles. The smallest absolute Gasteiger partial charge is 0.341 e. The standard InChI is InChI=1S/C24H29FN6O3.C13H17ClN2O3/c1-24(2,34)21(25)13-29-23(33)15-12-28-22(11-18(15)31-17-4-3-5-20(17)32)30-14-6-7-16-19(10-14)27-9-8-26-16;1-2-19-13(18)8-7-15-12(14)6-10(8)16-9-4-3-5-11(9)17/h6-12,17,20-21,32,34H,3-5,13H2,1-2H3,(H,29,33)(H2,28,30,31);6-7,9,11,17H,2-5H2,1H3,(H,15,16)/t17-,20-,21-;9-,11-/m11/s1. The normalized spacial score (nSPS) is 20.2. The summed E-state index contributed by atoms with van der Waals surface area (Å²) >= 11 is 5.85. The number of carbonyl (C=O) groups is 2. The van der Waals surface area contributed by atoms with Crippen molar-refractivity contribution in [2.75, 3.05) is 29.1 Å². The van der Waals surface area contributed by atoms with Crippen molar-refractivity contribution < 1.29 is 34.0 Å². The zero-order chi connectivity index (χ0) is 38.1. The number of hydrogen-bond donors (Lipinski definition) is 7. The topological polar surface area (TPSA) is 204 Å². The van der Waals surface area contributed by atoms with Crippen LogP contribution in [0.4, 0.5) is 27.3 Å². The molecule has 1 amide bonds. The minimum Gasteiger partial charge on any atom is -0.462 e. The van der Waals surface area contributed by atoms with Gasteiger partial charge in [0.2, 0.25) is 0 Å². The van der Waals surface area contributed by atoms with Gasteiger partial charge in [0.15, 0.2) is 0 Å². The lowest BCUT2D eigenvalue weighted by atomic mass is 10.0. The Morgan fingerprint density at radius 2 is 1.53 bits per heavy atom. The van der Waals surface area contributed by atoms with Gasteiger partial charge >= 0.3 is 5.97 Å². The quantitative estimate of drug-likeness (QED) is 0.0739. The number of halogens is 2. The predicted octanol–water partition coefficient (Wildman–Crippen LogP) is 5.17. The van der Waals surface area contributed by atoms with E-state index in [1.807, 2.05) is 18.2 Å². The number of esters is 1. The van der Waals surface area contributed by atoms with Gasteiger partial charge in [-0.3, -0.25) is 14.8 Å². The Morgan fingerprint density at radius 3 is 2.13 bits per heavy atom. The van der Waals surface area contributed by atoms with E-state index < -0.39 is 35.9 Å². The second-order valence-corrected chi connectivity index (χ2v) is 14.0. The summed E-state index contributed by atoms with van der Waals surface area (Å²) in [7, 11) is 0. The van der Waals surface area contributed by atoms with Gasteiger partial charge in [0.05, 0.1) is 71.0 Å². The molecular weight excluding hydrogens is 707 g/mol. The van der Waals surface area contributed by atoms with Crippen LogP contribution in [-0.2, 0) is 4.74 Å². The van der Waals surface area contributed by atoms with Crippen LogP contribution in [0.2, 0.25) is 5.15 Å². The first-order valence-corrected chi connectivity index (χ1v) is 18.0. The second kappa shape index (κ2) is 17.9. The molecule has 53 heavy (non-hydrogen) atoms. The molecule has 0 saturated heterocycles. The van der Waals surface area contributed by atoms with Crippen LogP contribution < -0.4 is 21.3 Å². The molecule has 7 N–H and O–H groups in total. The molecular formula is C37H46ClFN8O6. The third-order valence-electron chi connectivity index (χ3n) is 9.11. The average Bonchev–Trinajstić information content (AvgIpc) is 3.73. The molecule has 284 valence electrons. The van der Waals surface area contributed by atoms with Gasteiger partial charge in [-0.25, -0.2) is 19.2 Å². The molecule has 2 saturated carbocycles. The molecule has 4 aromatic rings. The van der Waals surface area contributed by atoms with Crippen LogP contribution in [0.5, 0.6) is 0 Å². The minimum atomic E-state index is -1.63. The maximum Gasteiger partial charge on any atom is 0.341 e. The Labute approximate surface area is 312 Å². The lowest BCUT2D eigenvalue weighted by Crippen LogP contribution is -2.42. The summed E-state index contributed by atoms with van der Waals surface area (Å²) in [6.45, 7) is 4.39. The molecule has 1 aromatic carbocycles. The van der Waals surface area contributed by atoms with Crippen molar-refractivity contribution >= 4 is 57.4 Å². The Bertz CT molecular complexity index is 1880. The number of nitrogens with zero attached hydrogens (tertiary/aromatic N) is 4. The molecule has 0 unspecified atom stereocenters. The van der Waals surface area contributed by atoms with E-state index in [4.69, 9.17) is 16.3 Å². The summed E-state index contributed by atoms with van der Waals surface area (Å²) in [6, 6.07) is 8.54. The van der Waals surface area contributed by atoms with Crippen LogP contribution in [-0.4, -0.2) is 96.3 Å². The summed E-state index contributed by atoms with van der Waals surface area (Å²) in [6.07, 6.45) is 8.41. The molecule has 5 atom stereocenters. The Kier molecular flexibility index (Phi) is 13.3. The number of amides is 1. The van der Waals surface area contributed by atoms with Crippen LogP contribution >= 0.6 is 11.6 Å². The van der Waals surface area contributed by atoms with Gasteiger partial charge in [-0.2, -0.15) is 0 Å². The highest BCUT2D eigenvalue weighted by atomic mass is 35.5. The highest BCUT2D eigenvalue weighted by Crippen LogP contribution is 2.29. The summed E-state index contributed by atoms with van der Waals surface area (Å²) in [5, 5.41) is 42.3. The number of rotatable bonds is 12. The van der Waals surface area contributed by atoms with Gasteiger partial charge in [0.1, 0.15) is 22.7 Å². The van der Waals surface area contributed by atoms with E-state index in [1.54, 1.807) is 31.5 Å². The zero-order valence-corrected chi connectivity index (χ0v) is 30.6.